The molecule has 0 aliphatic rings. The lowest BCUT2D eigenvalue weighted by Crippen LogP contribution is -2.40. The first-order chi connectivity index (χ1) is 8.39. The van der Waals surface area contributed by atoms with Gasteiger partial charge in [0.2, 0.25) is 0 Å². The zero-order chi connectivity index (χ0) is 13.8. The summed E-state index contributed by atoms with van der Waals surface area (Å²) in [5, 5.41) is 13.0. The Hall–Kier alpha value is -0.710. The summed E-state index contributed by atoms with van der Waals surface area (Å²) in [6, 6.07) is 5.33. The number of amides is 1. The number of nitrogens with one attached hydrogen (secondary N) is 1. The van der Waals surface area contributed by atoms with Crippen molar-refractivity contribution in [3.05, 3.63) is 28.8 Å². The fourth-order valence-corrected chi connectivity index (χ4v) is 1.94. The highest BCUT2D eigenvalue weighted by Crippen LogP contribution is 2.23. The van der Waals surface area contributed by atoms with E-state index in [1.54, 1.807) is 30.8 Å². The van der Waals surface area contributed by atoms with Crippen molar-refractivity contribution in [3.8, 4) is 0 Å². The van der Waals surface area contributed by atoms with Gasteiger partial charge < -0.3 is 10.4 Å². The summed E-state index contributed by atoms with van der Waals surface area (Å²) < 4.78 is 0. The van der Waals surface area contributed by atoms with Crippen LogP contribution in [0.15, 0.2) is 23.1 Å². The smallest absolute Gasteiger partial charge is 0.252 e. The Labute approximate surface area is 117 Å². The second-order valence-corrected chi connectivity index (χ2v) is 5.67. The van der Waals surface area contributed by atoms with Crippen LogP contribution in [0.5, 0.6) is 0 Å². The minimum Gasteiger partial charge on any atom is -0.388 e. The van der Waals surface area contributed by atoms with Crippen LogP contribution in [0.25, 0.3) is 0 Å². The molecule has 1 unspecified atom stereocenters. The van der Waals surface area contributed by atoms with Gasteiger partial charge >= 0.3 is 0 Å². The van der Waals surface area contributed by atoms with Crippen molar-refractivity contribution < 1.29 is 9.90 Å². The van der Waals surface area contributed by atoms with Crippen molar-refractivity contribution >= 4 is 29.3 Å². The maximum absolute atomic E-state index is 12.0. The van der Waals surface area contributed by atoms with Gasteiger partial charge in [0.05, 0.1) is 16.2 Å². The molecular formula is C13H18ClNO2S. The van der Waals surface area contributed by atoms with E-state index < -0.39 is 5.60 Å². The molecule has 1 atom stereocenters. The molecule has 1 rings (SSSR count). The molecule has 0 fully saturated rings. The number of carbonyl (C=O) groups excluding carboxylic acids is 1. The van der Waals surface area contributed by atoms with E-state index in [1.165, 1.54) is 0 Å². The van der Waals surface area contributed by atoms with E-state index in [9.17, 15) is 9.90 Å². The number of carbonyl (C=O) groups is 1. The van der Waals surface area contributed by atoms with E-state index in [0.717, 1.165) is 4.90 Å². The highest BCUT2D eigenvalue weighted by atomic mass is 35.5. The number of benzene rings is 1. The second kappa shape index (κ2) is 6.45. The topological polar surface area (TPSA) is 49.3 Å². The molecule has 0 radical (unpaired) electrons. The number of aliphatic hydroxyl groups is 1. The minimum absolute atomic E-state index is 0.210. The van der Waals surface area contributed by atoms with Crippen molar-refractivity contribution in [1.82, 2.24) is 5.32 Å². The van der Waals surface area contributed by atoms with Crippen LogP contribution >= 0.6 is 23.4 Å². The Kier molecular flexibility index (Phi) is 5.50. The van der Waals surface area contributed by atoms with Crippen LogP contribution in [0.1, 0.15) is 30.6 Å². The molecule has 100 valence electrons. The number of thioether (sulfide) groups is 1. The predicted molar refractivity (Wildman–Crippen MR) is 76.5 cm³/mol. The van der Waals surface area contributed by atoms with E-state index in [4.69, 9.17) is 11.6 Å². The van der Waals surface area contributed by atoms with E-state index >= 15 is 0 Å². The molecule has 1 aromatic rings. The van der Waals surface area contributed by atoms with Gasteiger partial charge in [-0.05, 0) is 37.8 Å². The zero-order valence-corrected chi connectivity index (χ0v) is 12.4. The average molecular weight is 288 g/mol. The van der Waals surface area contributed by atoms with Gasteiger partial charge in [-0.25, -0.2) is 0 Å². The Morgan fingerprint density at radius 1 is 1.56 bits per heavy atom. The third-order valence-electron chi connectivity index (χ3n) is 2.81. The maximum Gasteiger partial charge on any atom is 0.252 e. The highest BCUT2D eigenvalue weighted by Gasteiger charge is 2.19. The highest BCUT2D eigenvalue weighted by molar-refractivity contribution is 7.98. The van der Waals surface area contributed by atoms with Crippen LogP contribution in [0.3, 0.4) is 0 Å². The Balaban J connectivity index is 2.78. The normalized spacial score (nSPS) is 14.1. The van der Waals surface area contributed by atoms with Crippen molar-refractivity contribution in [2.45, 2.75) is 30.8 Å². The fraction of sp³-hybridized carbons (Fsp3) is 0.462. The number of hydrogen-bond donors (Lipinski definition) is 2. The van der Waals surface area contributed by atoms with Crippen LogP contribution in [-0.4, -0.2) is 29.4 Å². The van der Waals surface area contributed by atoms with Crippen molar-refractivity contribution in [2.75, 3.05) is 12.8 Å². The van der Waals surface area contributed by atoms with E-state index in [1.807, 2.05) is 19.2 Å². The molecule has 0 bridgehead atoms. The van der Waals surface area contributed by atoms with E-state index in [0.29, 0.717) is 17.0 Å². The summed E-state index contributed by atoms with van der Waals surface area (Å²) in [5.74, 6) is -0.260. The molecule has 0 heterocycles. The molecule has 1 amide bonds. The molecule has 0 spiro atoms. The largest absolute Gasteiger partial charge is 0.388 e. The van der Waals surface area contributed by atoms with Gasteiger partial charge in [0.25, 0.3) is 5.91 Å². The summed E-state index contributed by atoms with van der Waals surface area (Å²) in [4.78, 5) is 13.0. The van der Waals surface area contributed by atoms with Gasteiger partial charge in [-0.15, -0.1) is 11.8 Å². The zero-order valence-electron chi connectivity index (χ0n) is 10.8. The predicted octanol–water partition coefficient (Wildman–Crippen LogP) is 2.95. The molecule has 18 heavy (non-hydrogen) atoms. The van der Waals surface area contributed by atoms with Gasteiger partial charge in [-0.3, -0.25) is 4.79 Å². The van der Waals surface area contributed by atoms with Gasteiger partial charge in [0.15, 0.2) is 0 Å². The summed E-state index contributed by atoms with van der Waals surface area (Å²) in [6.45, 7) is 3.77. The van der Waals surface area contributed by atoms with Crippen LogP contribution < -0.4 is 5.32 Å². The third kappa shape index (κ3) is 4.19. The molecule has 0 aliphatic heterocycles. The van der Waals surface area contributed by atoms with Gasteiger partial charge in [-0.2, -0.15) is 0 Å². The lowest BCUT2D eigenvalue weighted by atomic mass is 10.0. The number of halogens is 1. The SMILES string of the molecule is CCC(C)(O)CNC(=O)c1cc(SC)ccc1Cl. The summed E-state index contributed by atoms with van der Waals surface area (Å²) in [6.07, 6.45) is 2.51. The Morgan fingerprint density at radius 2 is 2.22 bits per heavy atom. The number of hydrogen-bond acceptors (Lipinski definition) is 3. The van der Waals surface area contributed by atoms with E-state index in [-0.39, 0.29) is 12.5 Å². The lowest BCUT2D eigenvalue weighted by Gasteiger charge is -2.21. The fourth-order valence-electron chi connectivity index (χ4n) is 1.30. The molecule has 5 heteroatoms. The minimum atomic E-state index is -0.890. The molecule has 1 aromatic carbocycles. The summed E-state index contributed by atoms with van der Waals surface area (Å²) in [7, 11) is 0. The molecule has 0 aromatic heterocycles. The molecule has 0 saturated carbocycles. The second-order valence-electron chi connectivity index (χ2n) is 4.38. The first-order valence-electron chi connectivity index (χ1n) is 5.73. The van der Waals surface area contributed by atoms with Crippen molar-refractivity contribution in [3.63, 3.8) is 0 Å². The average Bonchev–Trinajstić information content (AvgIpc) is 2.36. The lowest BCUT2D eigenvalue weighted by molar-refractivity contribution is 0.0518. The van der Waals surface area contributed by atoms with Gasteiger partial charge in [0, 0.05) is 11.4 Å². The van der Waals surface area contributed by atoms with Gasteiger partial charge in [0.1, 0.15) is 0 Å². The first kappa shape index (κ1) is 15.3. The van der Waals surface area contributed by atoms with Crippen LogP contribution in [-0.2, 0) is 0 Å². The molecular weight excluding hydrogens is 270 g/mol. The van der Waals surface area contributed by atoms with Crippen LogP contribution in [0.2, 0.25) is 5.02 Å². The Morgan fingerprint density at radius 3 is 2.78 bits per heavy atom. The first-order valence-corrected chi connectivity index (χ1v) is 7.34. The van der Waals surface area contributed by atoms with Gasteiger partial charge in [-0.1, -0.05) is 18.5 Å². The summed E-state index contributed by atoms with van der Waals surface area (Å²) in [5.41, 5.74) is -0.449. The number of rotatable bonds is 5. The van der Waals surface area contributed by atoms with Crippen molar-refractivity contribution in [2.24, 2.45) is 0 Å². The molecule has 3 nitrogen and oxygen atoms in total. The molecule has 2 N–H and O–H groups in total. The van der Waals surface area contributed by atoms with Crippen LogP contribution in [0.4, 0.5) is 0 Å². The maximum atomic E-state index is 12.0. The Bertz CT molecular complexity index is 435. The quantitative estimate of drug-likeness (QED) is 0.819. The monoisotopic (exact) mass is 287 g/mol. The summed E-state index contributed by atoms with van der Waals surface area (Å²) >= 11 is 7.55. The standard InChI is InChI=1S/C13H18ClNO2S/c1-4-13(2,17)8-15-12(16)10-7-9(18-3)5-6-11(10)14/h5-7,17H,4,8H2,1-3H3,(H,15,16). The van der Waals surface area contributed by atoms with E-state index in [2.05, 4.69) is 5.32 Å². The molecule has 0 aliphatic carbocycles. The molecule has 0 saturated heterocycles. The third-order valence-corrected chi connectivity index (χ3v) is 3.86. The van der Waals surface area contributed by atoms with Crippen LogP contribution in [0, 0.1) is 0 Å². The van der Waals surface area contributed by atoms with Crippen molar-refractivity contribution in [1.29, 1.82) is 0 Å².